The molecule has 0 atom stereocenters. The maximum absolute atomic E-state index is 12.5. The first kappa shape index (κ1) is 12.7. The van der Waals surface area contributed by atoms with E-state index >= 15 is 0 Å². The first-order valence-electron chi connectivity index (χ1n) is 6.59. The van der Waals surface area contributed by atoms with Crippen LogP contribution in [0.1, 0.15) is 43.4 Å². The molecule has 0 aliphatic carbocycles. The summed E-state index contributed by atoms with van der Waals surface area (Å²) in [6.07, 6.45) is 0.805. The van der Waals surface area contributed by atoms with Crippen LogP contribution in [0.3, 0.4) is 0 Å². The Labute approximate surface area is 116 Å². The Hall–Kier alpha value is -2.36. The van der Waals surface area contributed by atoms with Gasteiger partial charge in [0.15, 0.2) is 5.78 Å². The van der Waals surface area contributed by atoms with E-state index in [2.05, 4.69) is 5.32 Å². The van der Waals surface area contributed by atoms with Crippen LogP contribution in [0.4, 0.5) is 0 Å². The molecule has 20 heavy (non-hydrogen) atoms. The summed E-state index contributed by atoms with van der Waals surface area (Å²) in [6.45, 7) is 4.23. The normalized spacial score (nSPS) is 13.8. The van der Waals surface area contributed by atoms with Crippen molar-refractivity contribution in [3.63, 3.8) is 0 Å². The van der Waals surface area contributed by atoms with Crippen molar-refractivity contribution in [2.75, 3.05) is 6.54 Å². The third-order valence-corrected chi connectivity index (χ3v) is 3.58. The van der Waals surface area contributed by atoms with Crippen LogP contribution in [-0.2, 0) is 6.42 Å². The van der Waals surface area contributed by atoms with Crippen LogP contribution in [0.15, 0.2) is 28.7 Å². The predicted octanol–water partition coefficient (Wildman–Crippen LogP) is 2.41. The number of aryl methyl sites for hydroxylation is 2. The largest absolute Gasteiger partial charge is 0.466 e. The molecular weight excluding hydrogens is 254 g/mol. The molecule has 0 saturated heterocycles. The van der Waals surface area contributed by atoms with Crippen molar-refractivity contribution in [1.29, 1.82) is 0 Å². The number of furan rings is 1. The molecule has 0 radical (unpaired) electrons. The minimum absolute atomic E-state index is 0.110. The highest BCUT2D eigenvalue weighted by Crippen LogP contribution is 2.21. The molecule has 0 saturated carbocycles. The van der Waals surface area contributed by atoms with Gasteiger partial charge in [0.25, 0.3) is 5.91 Å². The van der Waals surface area contributed by atoms with E-state index in [0.717, 1.165) is 12.0 Å². The third kappa shape index (κ3) is 2.03. The summed E-state index contributed by atoms with van der Waals surface area (Å²) in [5, 5.41) is 2.79. The van der Waals surface area contributed by atoms with Gasteiger partial charge >= 0.3 is 0 Å². The lowest BCUT2D eigenvalue weighted by Gasteiger charge is -2.16. The van der Waals surface area contributed by atoms with E-state index in [1.165, 1.54) is 0 Å². The number of rotatable bonds is 2. The number of amides is 1. The van der Waals surface area contributed by atoms with Gasteiger partial charge in [-0.2, -0.15) is 0 Å². The average Bonchev–Trinajstić information content (AvgIpc) is 2.77. The van der Waals surface area contributed by atoms with E-state index in [1.807, 2.05) is 13.0 Å². The van der Waals surface area contributed by atoms with Gasteiger partial charge in [0.05, 0.1) is 5.56 Å². The minimum atomic E-state index is -0.111. The molecule has 0 fully saturated rings. The van der Waals surface area contributed by atoms with Crippen LogP contribution in [0.25, 0.3) is 0 Å². The van der Waals surface area contributed by atoms with Crippen LogP contribution in [-0.4, -0.2) is 18.2 Å². The number of benzene rings is 1. The number of fused-ring (bicyclic) bond motifs is 1. The van der Waals surface area contributed by atoms with Gasteiger partial charge in [-0.15, -0.1) is 0 Å². The van der Waals surface area contributed by atoms with Crippen molar-refractivity contribution in [3.8, 4) is 0 Å². The summed E-state index contributed by atoms with van der Waals surface area (Å²) in [4.78, 5) is 24.3. The molecule has 2 heterocycles. The first-order chi connectivity index (χ1) is 9.56. The summed E-state index contributed by atoms with van der Waals surface area (Å²) in [7, 11) is 0. The molecule has 0 unspecified atom stereocenters. The lowest BCUT2D eigenvalue weighted by atomic mass is 9.94. The fourth-order valence-electron chi connectivity index (χ4n) is 2.56. The molecule has 1 aliphatic heterocycles. The fraction of sp³-hybridized carbons (Fsp3) is 0.250. The lowest BCUT2D eigenvalue weighted by molar-refractivity contribution is 0.0946. The summed E-state index contributed by atoms with van der Waals surface area (Å²) in [6, 6.07) is 7.05. The summed E-state index contributed by atoms with van der Waals surface area (Å²) in [5.74, 6) is 1.10. The second kappa shape index (κ2) is 4.63. The van der Waals surface area contributed by atoms with Gasteiger partial charge in [-0.3, -0.25) is 9.59 Å². The monoisotopic (exact) mass is 269 g/mol. The van der Waals surface area contributed by atoms with Crippen LogP contribution in [0.5, 0.6) is 0 Å². The predicted molar refractivity (Wildman–Crippen MR) is 74.1 cm³/mol. The zero-order valence-electron chi connectivity index (χ0n) is 11.4. The second-order valence-corrected chi connectivity index (χ2v) is 5.03. The quantitative estimate of drug-likeness (QED) is 0.852. The van der Waals surface area contributed by atoms with Crippen molar-refractivity contribution in [3.05, 3.63) is 58.0 Å². The van der Waals surface area contributed by atoms with Gasteiger partial charge in [-0.1, -0.05) is 12.1 Å². The topological polar surface area (TPSA) is 59.3 Å². The zero-order valence-corrected chi connectivity index (χ0v) is 11.4. The molecule has 4 heteroatoms. The molecule has 2 aromatic rings. The van der Waals surface area contributed by atoms with Crippen molar-refractivity contribution < 1.29 is 14.0 Å². The number of hydrogen-bond acceptors (Lipinski definition) is 3. The van der Waals surface area contributed by atoms with Crippen LogP contribution in [0.2, 0.25) is 0 Å². The molecule has 1 aliphatic rings. The van der Waals surface area contributed by atoms with E-state index in [4.69, 9.17) is 4.42 Å². The molecule has 1 aromatic carbocycles. The summed E-state index contributed by atoms with van der Waals surface area (Å²) in [5.41, 5.74) is 2.66. The molecule has 102 valence electrons. The van der Waals surface area contributed by atoms with Crippen LogP contribution in [0, 0.1) is 13.8 Å². The van der Waals surface area contributed by atoms with Crippen molar-refractivity contribution in [2.24, 2.45) is 0 Å². The van der Waals surface area contributed by atoms with E-state index in [-0.39, 0.29) is 11.7 Å². The van der Waals surface area contributed by atoms with Crippen molar-refractivity contribution >= 4 is 11.7 Å². The standard InChI is InChI=1S/C16H15NO3/c1-9-7-13(10(2)20-9)15(18)12-4-3-11-5-6-17-16(19)14(11)8-12/h3-4,7-8H,5-6H2,1-2H3,(H,17,19). The Morgan fingerprint density at radius 3 is 2.75 bits per heavy atom. The minimum Gasteiger partial charge on any atom is -0.466 e. The van der Waals surface area contributed by atoms with Gasteiger partial charge in [0.2, 0.25) is 0 Å². The first-order valence-corrected chi connectivity index (χ1v) is 6.59. The summed E-state index contributed by atoms with van der Waals surface area (Å²) >= 11 is 0. The SMILES string of the molecule is Cc1cc(C(=O)c2ccc3c(c2)C(=O)NCC3)c(C)o1. The Morgan fingerprint density at radius 2 is 2.05 bits per heavy atom. The van der Waals surface area contributed by atoms with Gasteiger partial charge in [-0.05, 0) is 38.0 Å². The maximum Gasteiger partial charge on any atom is 0.251 e. The van der Waals surface area contributed by atoms with Crippen LogP contribution < -0.4 is 5.32 Å². The average molecular weight is 269 g/mol. The fourth-order valence-corrected chi connectivity index (χ4v) is 2.56. The van der Waals surface area contributed by atoms with Gasteiger partial charge in [0.1, 0.15) is 11.5 Å². The Kier molecular flexibility index (Phi) is 2.93. The molecule has 0 spiro atoms. The molecular formula is C16H15NO3. The maximum atomic E-state index is 12.5. The Balaban J connectivity index is 2.03. The number of nitrogens with one attached hydrogen (secondary N) is 1. The number of carbonyl (C=O) groups is 2. The highest BCUT2D eigenvalue weighted by molar-refractivity contribution is 6.11. The van der Waals surface area contributed by atoms with E-state index in [1.54, 1.807) is 25.1 Å². The highest BCUT2D eigenvalue weighted by Gasteiger charge is 2.21. The Bertz CT molecular complexity index is 713. The second-order valence-electron chi connectivity index (χ2n) is 5.03. The van der Waals surface area contributed by atoms with Crippen molar-refractivity contribution in [2.45, 2.75) is 20.3 Å². The lowest BCUT2D eigenvalue weighted by Crippen LogP contribution is -2.32. The molecule has 1 amide bonds. The number of hydrogen-bond donors (Lipinski definition) is 1. The van der Waals surface area contributed by atoms with Gasteiger partial charge < -0.3 is 9.73 Å². The van der Waals surface area contributed by atoms with E-state index < -0.39 is 0 Å². The molecule has 1 aromatic heterocycles. The number of carbonyl (C=O) groups excluding carboxylic acids is 2. The summed E-state index contributed by atoms with van der Waals surface area (Å²) < 4.78 is 5.39. The van der Waals surface area contributed by atoms with Gasteiger partial charge in [0, 0.05) is 17.7 Å². The molecule has 0 bridgehead atoms. The highest BCUT2D eigenvalue weighted by atomic mass is 16.3. The van der Waals surface area contributed by atoms with Crippen molar-refractivity contribution in [1.82, 2.24) is 5.32 Å². The van der Waals surface area contributed by atoms with E-state index in [9.17, 15) is 9.59 Å². The Morgan fingerprint density at radius 1 is 1.25 bits per heavy atom. The van der Waals surface area contributed by atoms with Crippen LogP contribution >= 0.6 is 0 Å². The molecule has 4 nitrogen and oxygen atoms in total. The number of ketones is 1. The molecule has 1 N–H and O–H groups in total. The molecule has 3 rings (SSSR count). The third-order valence-electron chi connectivity index (χ3n) is 3.58. The van der Waals surface area contributed by atoms with Gasteiger partial charge in [-0.25, -0.2) is 0 Å². The smallest absolute Gasteiger partial charge is 0.251 e. The zero-order chi connectivity index (χ0) is 14.3. The van der Waals surface area contributed by atoms with E-state index in [0.29, 0.717) is 34.8 Å².